The quantitative estimate of drug-likeness (QED) is 0.787. The van der Waals surface area contributed by atoms with Gasteiger partial charge >= 0.3 is 0 Å². The lowest BCUT2D eigenvalue weighted by Gasteiger charge is -2.31. The maximum absolute atomic E-state index is 12.4. The zero-order valence-electron chi connectivity index (χ0n) is 17.5. The first-order valence-corrected chi connectivity index (χ1v) is 10.2. The smallest absolute Gasteiger partial charge is 0.251 e. The highest BCUT2D eigenvalue weighted by molar-refractivity contribution is 5.96. The van der Waals surface area contributed by atoms with Crippen molar-refractivity contribution in [2.24, 2.45) is 5.92 Å². The summed E-state index contributed by atoms with van der Waals surface area (Å²) in [6, 6.07) is 7.48. The normalized spacial score (nSPS) is 15.2. The van der Waals surface area contributed by atoms with E-state index in [4.69, 9.17) is 0 Å². The molecule has 1 saturated heterocycles. The summed E-state index contributed by atoms with van der Waals surface area (Å²) >= 11 is 0. The molecular formula is C22H33N3O3. The van der Waals surface area contributed by atoms with Crippen LogP contribution in [0.25, 0.3) is 0 Å². The van der Waals surface area contributed by atoms with Crippen molar-refractivity contribution in [3.8, 4) is 0 Å². The molecule has 3 amide bonds. The molecule has 1 fully saturated rings. The Bertz CT molecular complexity index is 684. The van der Waals surface area contributed by atoms with E-state index in [0.29, 0.717) is 38.0 Å². The van der Waals surface area contributed by atoms with Crippen LogP contribution in [0.3, 0.4) is 0 Å². The predicted molar refractivity (Wildman–Crippen MR) is 110 cm³/mol. The van der Waals surface area contributed by atoms with Gasteiger partial charge in [0, 0.05) is 31.1 Å². The summed E-state index contributed by atoms with van der Waals surface area (Å²) in [5, 5.41) is 5.62. The average Bonchev–Trinajstić information content (AvgIpc) is 2.69. The SMILES string of the molecule is CCCNC(=O)C1CCN(C(=O)CNC(=O)c2ccc(C(C)(C)C)cc2)CC1. The van der Waals surface area contributed by atoms with Gasteiger partial charge in [-0.25, -0.2) is 0 Å². The third-order valence-corrected chi connectivity index (χ3v) is 5.18. The van der Waals surface area contributed by atoms with Crippen molar-refractivity contribution in [2.75, 3.05) is 26.2 Å². The monoisotopic (exact) mass is 387 g/mol. The number of carbonyl (C=O) groups excluding carboxylic acids is 3. The van der Waals surface area contributed by atoms with Gasteiger partial charge in [-0.2, -0.15) is 0 Å². The van der Waals surface area contributed by atoms with Crippen LogP contribution in [0.5, 0.6) is 0 Å². The van der Waals surface area contributed by atoms with Crippen LogP contribution in [0.15, 0.2) is 24.3 Å². The number of hydrogen-bond acceptors (Lipinski definition) is 3. The van der Waals surface area contributed by atoms with Crippen LogP contribution in [0.1, 0.15) is 62.9 Å². The number of carbonyl (C=O) groups is 3. The number of nitrogens with one attached hydrogen (secondary N) is 2. The second-order valence-electron chi connectivity index (χ2n) is 8.46. The third-order valence-electron chi connectivity index (χ3n) is 5.18. The van der Waals surface area contributed by atoms with E-state index in [1.165, 1.54) is 0 Å². The molecule has 2 rings (SSSR count). The van der Waals surface area contributed by atoms with E-state index in [1.54, 1.807) is 17.0 Å². The molecule has 28 heavy (non-hydrogen) atoms. The highest BCUT2D eigenvalue weighted by Gasteiger charge is 2.27. The van der Waals surface area contributed by atoms with E-state index in [2.05, 4.69) is 31.4 Å². The van der Waals surface area contributed by atoms with Crippen molar-refractivity contribution < 1.29 is 14.4 Å². The Morgan fingerprint density at radius 3 is 2.18 bits per heavy atom. The summed E-state index contributed by atoms with van der Waals surface area (Å²) in [5.74, 6) is -0.290. The molecule has 6 heteroatoms. The average molecular weight is 388 g/mol. The largest absolute Gasteiger partial charge is 0.356 e. The summed E-state index contributed by atoms with van der Waals surface area (Å²) in [4.78, 5) is 38.4. The molecule has 1 aromatic rings. The summed E-state index contributed by atoms with van der Waals surface area (Å²) in [5.41, 5.74) is 1.74. The molecule has 0 saturated carbocycles. The van der Waals surface area contributed by atoms with Crippen LogP contribution in [-0.2, 0) is 15.0 Å². The molecule has 0 radical (unpaired) electrons. The summed E-state index contributed by atoms with van der Waals surface area (Å²) < 4.78 is 0. The lowest BCUT2D eigenvalue weighted by atomic mass is 9.87. The lowest BCUT2D eigenvalue weighted by Crippen LogP contribution is -2.46. The van der Waals surface area contributed by atoms with E-state index in [1.807, 2.05) is 19.1 Å². The summed E-state index contributed by atoms with van der Waals surface area (Å²) in [6.45, 7) is 10.2. The predicted octanol–water partition coefficient (Wildman–Crippen LogP) is 2.48. The highest BCUT2D eigenvalue weighted by Crippen LogP contribution is 2.22. The number of piperidine rings is 1. The number of likely N-dealkylation sites (tertiary alicyclic amines) is 1. The number of amides is 3. The molecular weight excluding hydrogens is 354 g/mol. The van der Waals surface area contributed by atoms with Gasteiger partial charge in [-0.05, 0) is 42.4 Å². The minimum Gasteiger partial charge on any atom is -0.356 e. The van der Waals surface area contributed by atoms with E-state index in [9.17, 15) is 14.4 Å². The van der Waals surface area contributed by atoms with E-state index >= 15 is 0 Å². The zero-order chi connectivity index (χ0) is 20.7. The van der Waals surface area contributed by atoms with Crippen LogP contribution in [0.2, 0.25) is 0 Å². The van der Waals surface area contributed by atoms with Gasteiger partial charge in [-0.3, -0.25) is 14.4 Å². The first-order chi connectivity index (χ1) is 13.2. The molecule has 0 unspecified atom stereocenters. The Labute approximate surface area is 168 Å². The molecule has 154 valence electrons. The van der Waals surface area contributed by atoms with Crippen LogP contribution in [-0.4, -0.2) is 48.8 Å². The van der Waals surface area contributed by atoms with Gasteiger partial charge < -0.3 is 15.5 Å². The van der Waals surface area contributed by atoms with Gasteiger partial charge in [0.15, 0.2) is 0 Å². The fourth-order valence-corrected chi connectivity index (χ4v) is 3.27. The molecule has 1 aliphatic heterocycles. The van der Waals surface area contributed by atoms with Crippen molar-refractivity contribution in [3.05, 3.63) is 35.4 Å². The van der Waals surface area contributed by atoms with Crippen molar-refractivity contribution in [3.63, 3.8) is 0 Å². The van der Waals surface area contributed by atoms with Crippen LogP contribution < -0.4 is 10.6 Å². The second-order valence-corrected chi connectivity index (χ2v) is 8.46. The van der Waals surface area contributed by atoms with Gasteiger partial charge in [0.05, 0.1) is 6.54 Å². The second kappa shape index (κ2) is 9.71. The summed E-state index contributed by atoms with van der Waals surface area (Å²) in [6.07, 6.45) is 2.26. The molecule has 0 atom stereocenters. The number of benzene rings is 1. The van der Waals surface area contributed by atoms with Gasteiger partial charge in [-0.1, -0.05) is 39.8 Å². The Morgan fingerprint density at radius 1 is 1.04 bits per heavy atom. The fourth-order valence-electron chi connectivity index (χ4n) is 3.27. The van der Waals surface area contributed by atoms with E-state index < -0.39 is 0 Å². The molecule has 1 aliphatic rings. The van der Waals surface area contributed by atoms with Crippen molar-refractivity contribution >= 4 is 17.7 Å². The molecule has 0 spiro atoms. The Balaban J connectivity index is 1.78. The zero-order valence-corrected chi connectivity index (χ0v) is 17.5. The van der Waals surface area contributed by atoms with Gasteiger partial charge in [0.1, 0.15) is 0 Å². The van der Waals surface area contributed by atoms with Crippen LogP contribution >= 0.6 is 0 Å². The number of hydrogen-bond donors (Lipinski definition) is 2. The first kappa shape index (κ1) is 21.9. The lowest BCUT2D eigenvalue weighted by molar-refractivity contribution is -0.134. The van der Waals surface area contributed by atoms with Gasteiger partial charge in [-0.15, -0.1) is 0 Å². The van der Waals surface area contributed by atoms with Gasteiger partial charge in [0.2, 0.25) is 11.8 Å². The van der Waals surface area contributed by atoms with Gasteiger partial charge in [0.25, 0.3) is 5.91 Å². The standard InChI is InChI=1S/C22H33N3O3/c1-5-12-23-20(27)17-10-13-25(14-11-17)19(26)15-24-21(28)16-6-8-18(9-7-16)22(2,3)4/h6-9,17H,5,10-15H2,1-4H3,(H,23,27)(H,24,28). The summed E-state index contributed by atoms with van der Waals surface area (Å²) in [7, 11) is 0. The molecule has 1 aromatic carbocycles. The fraction of sp³-hybridized carbons (Fsp3) is 0.591. The molecule has 0 aromatic heterocycles. The highest BCUT2D eigenvalue weighted by atomic mass is 16.2. The maximum atomic E-state index is 12.4. The van der Waals surface area contributed by atoms with Crippen molar-refractivity contribution in [1.29, 1.82) is 0 Å². The first-order valence-electron chi connectivity index (χ1n) is 10.2. The van der Waals surface area contributed by atoms with Crippen molar-refractivity contribution in [1.82, 2.24) is 15.5 Å². The molecule has 0 aliphatic carbocycles. The van der Waals surface area contributed by atoms with E-state index in [0.717, 1.165) is 12.0 Å². The topological polar surface area (TPSA) is 78.5 Å². The Kier molecular flexibility index (Phi) is 7.61. The van der Waals surface area contributed by atoms with Crippen molar-refractivity contribution in [2.45, 2.75) is 52.4 Å². The van der Waals surface area contributed by atoms with E-state index in [-0.39, 0.29) is 35.6 Å². The Hall–Kier alpha value is -2.37. The van der Waals surface area contributed by atoms with Crippen LogP contribution in [0, 0.1) is 5.92 Å². The number of nitrogens with zero attached hydrogens (tertiary/aromatic N) is 1. The molecule has 0 bridgehead atoms. The molecule has 6 nitrogen and oxygen atoms in total. The number of rotatable bonds is 6. The molecule has 2 N–H and O–H groups in total. The Morgan fingerprint density at radius 2 is 1.64 bits per heavy atom. The molecule has 1 heterocycles. The maximum Gasteiger partial charge on any atom is 0.251 e. The minimum atomic E-state index is -0.248. The van der Waals surface area contributed by atoms with Crippen LogP contribution in [0.4, 0.5) is 0 Å². The third kappa shape index (κ3) is 6.08. The minimum absolute atomic E-state index is 0.0213.